The number of aromatic nitrogens is 3. The maximum absolute atomic E-state index is 12.6. The Bertz CT molecular complexity index is 940. The van der Waals surface area contributed by atoms with Crippen LogP contribution in [0.5, 0.6) is 0 Å². The largest absolute Gasteiger partial charge is 0.315 e. The summed E-state index contributed by atoms with van der Waals surface area (Å²) in [7, 11) is -3.32. The average molecular weight is 329 g/mol. The highest BCUT2D eigenvalue weighted by Crippen LogP contribution is 2.21. The van der Waals surface area contributed by atoms with Gasteiger partial charge < -0.3 is 4.57 Å². The van der Waals surface area contributed by atoms with Crippen molar-refractivity contribution in [2.24, 2.45) is 0 Å². The molecule has 120 valence electrons. The third kappa shape index (κ3) is 3.27. The molecule has 0 aliphatic rings. The van der Waals surface area contributed by atoms with Gasteiger partial charge in [-0.25, -0.2) is 8.42 Å². The lowest BCUT2D eigenvalue weighted by Gasteiger charge is -2.09. The van der Waals surface area contributed by atoms with Crippen LogP contribution in [0, 0.1) is 6.92 Å². The van der Waals surface area contributed by atoms with Crippen molar-refractivity contribution in [2.45, 2.75) is 31.9 Å². The van der Waals surface area contributed by atoms with Gasteiger partial charge in [0.05, 0.1) is 5.75 Å². The minimum absolute atomic E-state index is 0.00394. The molecule has 1 aromatic heterocycles. The molecule has 0 bridgehead atoms. The zero-order chi connectivity index (χ0) is 16.4. The smallest absolute Gasteiger partial charge is 0.161 e. The van der Waals surface area contributed by atoms with E-state index >= 15 is 0 Å². The summed E-state index contributed by atoms with van der Waals surface area (Å²) in [6.45, 7) is 4.45. The summed E-state index contributed by atoms with van der Waals surface area (Å²) >= 11 is 0. The highest BCUT2D eigenvalue weighted by Gasteiger charge is 2.19. The number of sulfone groups is 1. The Morgan fingerprint density at radius 1 is 1.00 bits per heavy atom. The molecule has 1 heterocycles. The number of fused-ring (bicyclic) bond motifs is 1. The third-order valence-corrected chi connectivity index (χ3v) is 5.38. The molecule has 0 atom stereocenters. The predicted molar refractivity (Wildman–Crippen MR) is 90.7 cm³/mol. The number of hydrogen-bond donors (Lipinski definition) is 0. The van der Waals surface area contributed by atoms with Crippen molar-refractivity contribution in [1.82, 2.24) is 14.8 Å². The summed E-state index contributed by atoms with van der Waals surface area (Å²) in [6.07, 6.45) is 0. The SMILES string of the molecule is CCn1c(C)nnc1CS(=O)(=O)Cc1cccc2ccccc12. The van der Waals surface area contributed by atoms with E-state index in [0.717, 1.165) is 22.2 Å². The molecular weight excluding hydrogens is 310 g/mol. The van der Waals surface area contributed by atoms with Crippen molar-refractivity contribution in [1.29, 1.82) is 0 Å². The van der Waals surface area contributed by atoms with Crippen LogP contribution in [0.3, 0.4) is 0 Å². The van der Waals surface area contributed by atoms with Gasteiger partial charge in [-0.3, -0.25) is 0 Å². The molecule has 0 unspecified atom stereocenters. The molecule has 0 aliphatic carbocycles. The van der Waals surface area contributed by atoms with Crippen LogP contribution < -0.4 is 0 Å². The molecular formula is C17H19N3O2S. The van der Waals surface area contributed by atoms with Gasteiger partial charge in [0.1, 0.15) is 17.4 Å². The molecule has 3 aromatic rings. The molecule has 23 heavy (non-hydrogen) atoms. The monoisotopic (exact) mass is 329 g/mol. The second kappa shape index (κ2) is 6.12. The fraction of sp³-hybridized carbons (Fsp3) is 0.294. The van der Waals surface area contributed by atoms with Gasteiger partial charge in [0, 0.05) is 6.54 Å². The first kappa shape index (κ1) is 15.7. The Morgan fingerprint density at radius 2 is 1.74 bits per heavy atom. The predicted octanol–water partition coefficient (Wildman–Crippen LogP) is 2.87. The molecule has 0 aliphatic heterocycles. The molecule has 0 spiro atoms. The first-order chi connectivity index (χ1) is 11.0. The van der Waals surface area contributed by atoms with Gasteiger partial charge in [-0.1, -0.05) is 42.5 Å². The van der Waals surface area contributed by atoms with Gasteiger partial charge in [0.2, 0.25) is 0 Å². The second-order valence-corrected chi connectivity index (χ2v) is 7.64. The molecule has 0 saturated heterocycles. The zero-order valence-corrected chi connectivity index (χ0v) is 14.0. The number of rotatable bonds is 5. The van der Waals surface area contributed by atoms with Crippen LogP contribution in [0.2, 0.25) is 0 Å². The van der Waals surface area contributed by atoms with E-state index in [4.69, 9.17) is 0 Å². The van der Waals surface area contributed by atoms with Crippen LogP contribution in [0.15, 0.2) is 42.5 Å². The fourth-order valence-electron chi connectivity index (χ4n) is 2.85. The maximum Gasteiger partial charge on any atom is 0.161 e. The van der Waals surface area contributed by atoms with Gasteiger partial charge in [0.15, 0.2) is 9.84 Å². The highest BCUT2D eigenvalue weighted by molar-refractivity contribution is 7.89. The van der Waals surface area contributed by atoms with Gasteiger partial charge in [-0.2, -0.15) is 0 Å². The van der Waals surface area contributed by atoms with Gasteiger partial charge in [0.25, 0.3) is 0 Å². The molecule has 6 heteroatoms. The quantitative estimate of drug-likeness (QED) is 0.722. The van der Waals surface area contributed by atoms with E-state index in [1.807, 2.05) is 60.9 Å². The first-order valence-corrected chi connectivity index (χ1v) is 9.38. The lowest BCUT2D eigenvalue weighted by atomic mass is 10.1. The summed E-state index contributed by atoms with van der Waals surface area (Å²) in [5.41, 5.74) is 0.822. The first-order valence-electron chi connectivity index (χ1n) is 7.56. The number of aryl methyl sites for hydroxylation is 1. The normalized spacial score (nSPS) is 11.9. The molecule has 0 fully saturated rings. The van der Waals surface area contributed by atoms with Gasteiger partial charge in [-0.05, 0) is 30.2 Å². The van der Waals surface area contributed by atoms with Gasteiger partial charge >= 0.3 is 0 Å². The van der Waals surface area contributed by atoms with E-state index in [2.05, 4.69) is 10.2 Å². The van der Waals surface area contributed by atoms with Gasteiger partial charge in [-0.15, -0.1) is 10.2 Å². The van der Waals surface area contributed by atoms with E-state index in [-0.39, 0.29) is 11.5 Å². The lowest BCUT2D eigenvalue weighted by Crippen LogP contribution is -2.13. The Balaban J connectivity index is 1.91. The van der Waals surface area contributed by atoms with Crippen LogP contribution in [-0.4, -0.2) is 23.2 Å². The summed E-state index contributed by atoms with van der Waals surface area (Å²) in [5.74, 6) is 1.16. The molecule has 2 aromatic carbocycles. The fourth-order valence-corrected chi connectivity index (χ4v) is 4.28. The summed E-state index contributed by atoms with van der Waals surface area (Å²) in [6, 6.07) is 13.6. The summed E-state index contributed by atoms with van der Waals surface area (Å²) < 4.78 is 27.1. The molecule has 5 nitrogen and oxygen atoms in total. The van der Waals surface area contributed by atoms with E-state index in [1.54, 1.807) is 0 Å². The average Bonchev–Trinajstić information content (AvgIpc) is 2.86. The van der Waals surface area contributed by atoms with Crippen molar-refractivity contribution >= 4 is 20.6 Å². The maximum atomic E-state index is 12.6. The highest BCUT2D eigenvalue weighted by atomic mass is 32.2. The van der Waals surface area contributed by atoms with Crippen molar-refractivity contribution in [3.8, 4) is 0 Å². The third-order valence-electron chi connectivity index (χ3n) is 3.93. The standard InChI is InChI=1S/C17H19N3O2S/c1-3-20-13(2)18-19-17(20)12-23(21,22)11-15-9-6-8-14-7-4-5-10-16(14)15/h4-10H,3,11-12H2,1-2H3. The van der Waals surface area contributed by atoms with Crippen molar-refractivity contribution in [3.63, 3.8) is 0 Å². The Hall–Kier alpha value is -2.21. The number of benzene rings is 2. The molecule has 0 radical (unpaired) electrons. The number of nitrogens with zero attached hydrogens (tertiary/aromatic N) is 3. The summed E-state index contributed by atoms with van der Waals surface area (Å²) in [5, 5.41) is 10.0. The molecule has 3 rings (SSSR count). The lowest BCUT2D eigenvalue weighted by molar-refractivity contribution is 0.589. The topological polar surface area (TPSA) is 64.8 Å². The molecule has 0 amide bonds. The van der Waals surface area contributed by atoms with Crippen LogP contribution >= 0.6 is 0 Å². The Morgan fingerprint density at radius 3 is 2.52 bits per heavy atom. The van der Waals surface area contributed by atoms with Crippen LogP contribution in [-0.2, 0) is 27.9 Å². The van der Waals surface area contributed by atoms with E-state index < -0.39 is 9.84 Å². The van der Waals surface area contributed by atoms with Crippen molar-refractivity contribution in [3.05, 3.63) is 59.7 Å². The minimum Gasteiger partial charge on any atom is -0.315 e. The van der Waals surface area contributed by atoms with E-state index in [1.165, 1.54) is 0 Å². The van der Waals surface area contributed by atoms with Crippen LogP contribution in [0.1, 0.15) is 24.1 Å². The van der Waals surface area contributed by atoms with Crippen LogP contribution in [0.25, 0.3) is 10.8 Å². The van der Waals surface area contributed by atoms with Crippen molar-refractivity contribution < 1.29 is 8.42 Å². The van der Waals surface area contributed by atoms with E-state index in [0.29, 0.717) is 12.4 Å². The Labute approximate surface area is 135 Å². The second-order valence-electron chi connectivity index (χ2n) is 5.58. The number of hydrogen-bond acceptors (Lipinski definition) is 4. The van der Waals surface area contributed by atoms with Crippen LogP contribution in [0.4, 0.5) is 0 Å². The molecule has 0 N–H and O–H groups in total. The van der Waals surface area contributed by atoms with Crippen molar-refractivity contribution in [2.75, 3.05) is 0 Å². The van der Waals surface area contributed by atoms with E-state index in [9.17, 15) is 8.42 Å². The zero-order valence-electron chi connectivity index (χ0n) is 13.2. The minimum atomic E-state index is -3.32. The summed E-state index contributed by atoms with van der Waals surface area (Å²) in [4.78, 5) is 0. The molecule has 0 saturated carbocycles. The Kier molecular flexibility index (Phi) is 4.17.